The van der Waals surface area contributed by atoms with Crippen LogP contribution in [0.3, 0.4) is 0 Å². The van der Waals surface area contributed by atoms with E-state index >= 15 is 0 Å². The summed E-state index contributed by atoms with van der Waals surface area (Å²) in [6.45, 7) is 1.87. The van der Waals surface area contributed by atoms with Crippen molar-refractivity contribution >= 4 is 5.57 Å². The van der Waals surface area contributed by atoms with Crippen molar-refractivity contribution in [3.05, 3.63) is 70.6 Å². The second-order valence-electron chi connectivity index (χ2n) is 6.18. The molecule has 0 saturated carbocycles. The minimum absolute atomic E-state index is 0.934. The number of hydrazine groups is 1. The van der Waals surface area contributed by atoms with Crippen molar-refractivity contribution in [1.82, 2.24) is 9.99 Å². The van der Waals surface area contributed by atoms with Crippen LogP contribution in [-0.4, -0.2) is 23.1 Å². The maximum atomic E-state index is 5.94. The molecule has 2 aliphatic rings. The van der Waals surface area contributed by atoms with Crippen molar-refractivity contribution < 1.29 is 0 Å². The highest BCUT2D eigenvalue weighted by Crippen LogP contribution is 2.37. The van der Waals surface area contributed by atoms with Crippen LogP contribution in [-0.2, 0) is 12.8 Å². The van der Waals surface area contributed by atoms with Crippen molar-refractivity contribution in [1.29, 1.82) is 0 Å². The first-order chi connectivity index (χ1) is 10.8. The SMILES string of the molecule is NN1CCC(=C2c3ccccc3CCc3cccnc32)CC1. The van der Waals surface area contributed by atoms with Gasteiger partial charge in [-0.15, -0.1) is 0 Å². The molecule has 0 unspecified atom stereocenters. The average Bonchev–Trinajstić information content (AvgIpc) is 2.73. The van der Waals surface area contributed by atoms with E-state index in [1.54, 1.807) is 0 Å². The molecule has 3 nitrogen and oxygen atoms in total. The molecular formula is C19H21N3. The van der Waals surface area contributed by atoms with Crippen LogP contribution in [0.25, 0.3) is 5.57 Å². The number of hydrogen-bond acceptors (Lipinski definition) is 3. The summed E-state index contributed by atoms with van der Waals surface area (Å²) in [6, 6.07) is 13.1. The number of piperidine rings is 1. The van der Waals surface area contributed by atoms with Crippen LogP contribution in [0.15, 0.2) is 48.2 Å². The van der Waals surface area contributed by atoms with Crippen LogP contribution in [0.1, 0.15) is 35.2 Å². The molecule has 1 aliphatic carbocycles. The van der Waals surface area contributed by atoms with Gasteiger partial charge in [0.2, 0.25) is 0 Å². The molecule has 2 heterocycles. The summed E-state index contributed by atoms with van der Waals surface area (Å²) >= 11 is 0. The molecule has 1 aliphatic heterocycles. The molecule has 1 saturated heterocycles. The van der Waals surface area contributed by atoms with Gasteiger partial charge in [-0.2, -0.15) is 0 Å². The van der Waals surface area contributed by atoms with E-state index in [-0.39, 0.29) is 0 Å². The fourth-order valence-corrected chi connectivity index (χ4v) is 3.65. The molecule has 1 aromatic carbocycles. The average molecular weight is 291 g/mol. The lowest BCUT2D eigenvalue weighted by Gasteiger charge is -2.26. The monoisotopic (exact) mass is 291 g/mol. The van der Waals surface area contributed by atoms with Crippen LogP contribution >= 0.6 is 0 Å². The summed E-state index contributed by atoms with van der Waals surface area (Å²) in [5.41, 5.74) is 8.26. The van der Waals surface area contributed by atoms with Gasteiger partial charge in [0.05, 0.1) is 5.69 Å². The van der Waals surface area contributed by atoms with Crippen molar-refractivity contribution in [2.24, 2.45) is 5.84 Å². The van der Waals surface area contributed by atoms with E-state index < -0.39 is 0 Å². The Labute approximate surface area is 131 Å². The zero-order chi connectivity index (χ0) is 14.9. The van der Waals surface area contributed by atoms with Gasteiger partial charge in [0.15, 0.2) is 0 Å². The second-order valence-corrected chi connectivity index (χ2v) is 6.18. The molecule has 0 atom stereocenters. The summed E-state index contributed by atoms with van der Waals surface area (Å²) < 4.78 is 0. The predicted molar refractivity (Wildman–Crippen MR) is 89.1 cm³/mol. The number of fused-ring (bicyclic) bond motifs is 2. The van der Waals surface area contributed by atoms with Crippen molar-refractivity contribution in [2.45, 2.75) is 25.7 Å². The number of aromatic nitrogens is 1. The van der Waals surface area contributed by atoms with E-state index in [4.69, 9.17) is 10.8 Å². The van der Waals surface area contributed by atoms with Gasteiger partial charge in [-0.3, -0.25) is 10.8 Å². The van der Waals surface area contributed by atoms with E-state index in [9.17, 15) is 0 Å². The normalized spacial score (nSPS) is 18.6. The van der Waals surface area contributed by atoms with Crippen molar-refractivity contribution in [3.63, 3.8) is 0 Å². The van der Waals surface area contributed by atoms with Gasteiger partial charge >= 0.3 is 0 Å². The molecule has 2 N–H and O–H groups in total. The van der Waals surface area contributed by atoms with Gasteiger partial charge in [-0.1, -0.05) is 35.9 Å². The minimum Gasteiger partial charge on any atom is -0.269 e. The largest absolute Gasteiger partial charge is 0.269 e. The summed E-state index contributed by atoms with van der Waals surface area (Å²) in [5.74, 6) is 5.94. The number of nitrogens with two attached hydrogens (primary N) is 1. The third-order valence-corrected chi connectivity index (χ3v) is 4.83. The standard InChI is InChI=1S/C19H21N3/c20-22-12-9-15(10-13-22)18-17-6-2-1-4-14(17)7-8-16-5-3-11-21-19(16)18/h1-6,11H,7-10,12-13,20H2. The fourth-order valence-electron chi connectivity index (χ4n) is 3.65. The van der Waals surface area contributed by atoms with Crippen LogP contribution < -0.4 is 5.84 Å². The van der Waals surface area contributed by atoms with Crippen LogP contribution in [0.4, 0.5) is 0 Å². The Morgan fingerprint density at radius 1 is 0.864 bits per heavy atom. The molecule has 1 aromatic heterocycles. The van der Waals surface area contributed by atoms with E-state index in [1.165, 1.54) is 33.5 Å². The molecule has 0 radical (unpaired) electrons. The number of rotatable bonds is 0. The zero-order valence-electron chi connectivity index (χ0n) is 12.8. The molecular weight excluding hydrogens is 270 g/mol. The quantitative estimate of drug-likeness (QED) is 0.759. The second kappa shape index (κ2) is 5.67. The number of aryl methyl sites for hydroxylation is 2. The Hall–Kier alpha value is -1.97. The topological polar surface area (TPSA) is 42.1 Å². The highest BCUT2D eigenvalue weighted by atomic mass is 15.4. The Balaban J connectivity index is 1.93. The van der Waals surface area contributed by atoms with Gasteiger partial charge in [0, 0.05) is 24.9 Å². The van der Waals surface area contributed by atoms with E-state index in [2.05, 4.69) is 36.4 Å². The van der Waals surface area contributed by atoms with Crippen LogP contribution in [0, 0.1) is 0 Å². The molecule has 4 rings (SSSR count). The summed E-state index contributed by atoms with van der Waals surface area (Å²) in [4.78, 5) is 4.75. The first kappa shape index (κ1) is 13.7. The fraction of sp³-hybridized carbons (Fsp3) is 0.316. The summed E-state index contributed by atoms with van der Waals surface area (Å²) in [7, 11) is 0. The number of hydrogen-bond donors (Lipinski definition) is 1. The predicted octanol–water partition coefficient (Wildman–Crippen LogP) is 2.95. The molecule has 2 aromatic rings. The van der Waals surface area contributed by atoms with Crippen molar-refractivity contribution in [2.75, 3.05) is 13.1 Å². The lowest BCUT2D eigenvalue weighted by molar-refractivity contribution is 0.265. The maximum Gasteiger partial charge on any atom is 0.0739 e. The Morgan fingerprint density at radius 2 is 1.59 bits per heavy atom. The van der Waals surface area contributed by atoms with Gasteiger partial charge < -0.3 is 0 Å². The third-order valence-electron chi connectivity index (χ3n) is 4.83. The number of benzene rings is 1. The van der Waals surface area contributed by atoms with Crippen molar-refractivity contribution in [3.8, 4) is 0 Å². The minimum atomic E-state index is 0.934. The lowest BCUT2D eigenvalue weighted by atomic mass is 9.89. The first-order valence-electron chi connectivity index (χ1n) is 8.07. The molecule has 0 spiro atoms. The van der Waals surface area contributed by atoms with E-state index in [1.807, 2.05) is 11.2 Å². The number of nitrogens with zero attached hydrogens (tertiary/aromatic N) is 2. The van der Waals surface area contributed by atoms with Gasteiger partial charge in [-0.25, -0.2) is 5.01 Å². The Morgan fingerprint density at radius 3 is 2.45 bits per heavy atom. The summed E-state index contributed by atoms with van der Waals surface area (Å²) in [5, 5.41) is 1.92. The van der Waals surface area contributed by atoms with E-state index in [0.717, 1.165) is 38.8 Å². The van der Waals surface area contributed by atoms with Gasteiger partial charge in [-0.05, 0) is 48.4 Å². The molecule has 0 bridgehead atoms. The Bertz CT molecular complexity index is 673. The summed E-state index contributed by atoms with van der Waals surface area (Å²) in [6.07, 6.45) is 6.16. The molecule has 1 fully saturated rings. The first-order valence-corrected chi connectivity index (χ1v) is 8.07. The molecule has 22 heavy (non-hydrogen) atoms. The zero-order valence-corrected chi connectivity index (χ0v) is 12.8. The highest BCUT2D eigenvalue weighted by molar-refractivity contribution is 5.84. The molecule has 0 amide bonds. The van der Waals surface area contributed by atoms with E-state index in [0.29, 0.717) is 0 Å². The van der Waals surface area contributed by atoms with Gasteiger partial charge in [0.25, 0.3) is 0 Å². The van der Waals surface area contributed by atoms with Crippen LogP contribution in [0.5, 0.6) is 0 Å². The lowest BCUT2D eigenvalue weighted by Crippen LogP contribution is -2.36. The maximum absolute atomic E-state index is 5.94. The van der Waals surface area contributed by atoms with Crippen LogP contribution in [0.2, 0.25) is 0 Å². The third kappa shape index (κ3) is 2.36. The molecule has 112 valence electrons. The Kier molecular flexibility index (Phi) is 3.53. The smallest absolute Gasteiger partial charge is 0.0739 e. The highest BCUT2D eigenvalue weighted by Gasteiger charge is 2.23. The van der Waals surface area contributed by atoms with Gasteiger partial charge in [0.1, 0.15) is 0 Å². The molecule has 3 heteroatoms. The number of pyridine rings is 1.